The van der Waals surface area contributed by atoms with E-state index in [9.17, 15) is 4.79 Å². The van der Waals surface area contributed by atoms with Crippen molar-refractivity contribution in [2.24, 2.45) is 0 Å². The highest BCUT2D eigenvalue weighted by molar-refractivity contribution is 7.99. The lowest BCUT2D eigenvalue weighted by Gasteiger charge is -2.26. The number of carbonyl (C=O) groups excluding carboxylic acids is 1. The van der Waals surface area contributed by atoms with Crippen LogP contribution in [-0.4, -0.2) is 18.3 Å². The molecule has 0 radical (unpaired) electrons. The number of nitrogens with one attached hydrogen (secondary N) is 1. The van der Waals surface area contributed by atoms with Crippen LogP contribution in [0.4, 0.5) is 0 Å². The van der Waals surface area contributed by atoms with Gasteiger partial charge in [-0.1, -0.05) is 66.7 Å². The van der Waals surface area contributed by atoms with Gasteiger partial charge in [0.15, 0.2) is 6.61 Å². The Morgan fingerprint density at radius 1 is 0.963 bits per heavy atom. The van der Waals surface area contributed by atoms with Gasteiger partial charge in [-0.25, -0.2) is 0 Å². The molecular weight excluding hydrogens is 354 g/mol. The molecule has 136 valence electrons. The van der Waals surface area contributed by atoms with Gasteiger partial charge in [-0.15, -0.1) is 11.8 Å². The van der Waals surface area contributed by atoms with Crippen LogP contribution in [0.25, 0.3) is 11.1 Å². The predicted molar refractivity (Wildman–Crippen MR) is 110 cm³/mol. The summed E-state index contributed by atoms with van der Waals surface area (Å²) in [6, 6.07) is 26.2. The van der Waals surface area contributed by atoms with E-state index < -0.39 is 0 Å². The third-order valence-corrected chi connectivity index (χ3v) is 5.75. The van der Waals surface area contributed by atoms with Gasteiger partial charge in [-0.2, -0.15) is 0 Å². The minimum atomic E-state index is -0.0930. The molecule has 1 amide bonds. The zero-order valence-corrected chi connectivity index (χ0v) is 15.7. The monoisotopic (exact) mass is 375 g/mol. The second-order valence-corrected chi connectivity index (χ2v) is 7.58. The smallest absolute Gasteiger partial charge is 0.258 e. The molecular formula is C23H21NO2S. The molecule has 3 aromatic carbocycles. The Labute approximate surface area is 163 Å². The number of benzene rings is 3. The predicted octanol–water partition coefficient (Wildman–Crippen LogP) is 5.09. The molecule has 1 aliphatic rings. The Balaban J connectivity index is 1.43. The summed E-state index contributed by atoms with van der Waals surface area (Å²) in [4.78, 5) is 13.8. The molecule has 0 bridgehead atoms. The van der Waals surface area contributed by atoms with Gasteiger partial charge >= 0.3 is 0 Å². The topological polar surface area (TPSA) is 38.3 Å². The van der Waals surface area contributed by atoms with Gasteiger partial charge in [0, 0.05) is 16.2 Å². The Morgan fingerprint density at radius 3 is 2.59 bits per heavy atom. The van der Waals surface area contributed by atoms with Crippen LogP contribution in [0, 0.1) is 0 Å². The molecule has 4 rings (SSSR count). The van der Waals surface area contributed by atoms with Gasteiger partial charge in [0.1, 0.15) is 5.75 Å². The summed E-state index contributed by atoms with van der Waals surface area (Å²) >= 11 is 1.85. The van der Waals surface area contributed by atoms with Crippen LogP contribution in [0.2, 0.25) is 0 Å². The summed E-state index contributed by atoms with van der Waals surface area (Å²) < 4.78 is 5.87. The van der Waals surface area contributed by atoms with E-state index in [0.717, 1.165) is 29.1 Å². The van der Waals surface area contributed by atoms with Gasteiger partial charge in [0.2, 0.25) is 0 Å². The van der Waals surface area contributed by atoms with Crippen molar-refractivity contribution in [3.05, 3.63) is 84.4 Å². The minimum absolute atomic E-state index is 0.00958. The summed E-state index contributed by atoms with van der Waals surface area (Å²) in [5.41, 5.74) is 3.27. The molecule has 0 aromatic heterocycles. The van der Waals surface area contributed by atoms with Crippen molar-refractivity contribution in [1.82, 2.24) is 5.32 Å². The third-order valence-electron chi connectivity index (χ3n) is 4.62. The van der Waals surface area contributed by atoms with Crippen LogP contribution in [0.15, 0.2) is 83.8 Å². The average molecular weight is 375 g/mol. The summed E-state index contributed by atoms with van der Waals surface area (Å²) in [5.74, 6) is 1.64. The van der Waals surface area contributed by atoms with Gasteiger partial charge in [-0.05, 0) is 29.7 Å². The molecule has 4 heteroatoms. The number of thioether (sulfide) groups is 1. The van der Waals surface area contributed by atoms with Crippen molar-refractivity contribution in [2.45, 2.75) is 17.4 Å². The minimum Gasteiger partial charge on any atom is -0.483 e. The number of carbonyl (C=O) groups is 1. The lowest BCUT2D eigenvalue weighted by atomic mass is 10.0. The van der Waals surface area contributed by atoms with Crippen LogP contribution in [0.3, 0.4) is 0 Å². The van der Waals surface area contributed by atoms with E-state index in [1.54, 1.807) is 0 Å². The fourth-order valence-corrected chi connectivity index (χ4v) is 4.45. The molecule has 0 saturated carbocycles. The first-order valence-corrected chi connectivity index (χ1v) is 10.1. The van der Waals surface area contributed by atoms with Crippen molar-refractivity contribution in [3.8, 4) is 16.9 Å². The summed E-state index contributed by atoms with van der Waals surface area (Å²) in [6.07, 6.45) is 0.939. The van der Waals surface area contributed by atoms with Crippen LogP contribution < -0.4 is 10.1 Å². The number of fused-ring (bicyclic) bond motifs is 1. The van der Waals surface area contributed by atoms with Crippen LogP contribution in [0.1, 0.15) is 18.0 Å². The number of hydrogen-bond acceptors (Lipinski definition) is 3. The third kappa shape index (κ3) is 4.17. The maximum absolute atomic E-state index is 12.5. The second-order valence-electron chi connectivity index (χ2n) is 6.45. The molecule has 0 fully saturated rings. The molecule has 3 nitrogen and oxygen atoms in total. The summed E-state index contributed by atoms with van der Waals surface area (Å²) in [5, 5.41) is 3.13. The Bertz CT molecular complexity index is 926. The Kier molecular flexibility index (Phi) is 5.45. The maximum atomic E-state index is 12.5. The number of rotatable bonds is 5. The van der Waals surface area contributed by atoms with Crippen molar-refractivity contribution in [3.63, 3.8) is 0 Å². The normalized spacial score (nSPS) is 15.6. The molecule has 1 aliphatic heterocycles. The van der Waals surface area contributed by atoms with Gasteiger partial charge < -0.3 is 10.1 Å². The summed E-state index contributed by atoms with van der Waals surface area (Å²) in [6.45, 7) is 0.00958. The van der Waals surface area contributed by atoms with E-state index in [1.165, 1.54) is 10.5 Å². The van der Waals surface area contributed by atoms with Gasteiger partial charge in [0.05, 0.1) is 6.04 Å². The van der Waals surface area contributed by atoms with Crippen molar-refractivity contribution < 1.29 is 9.53 Å². The number of ether oxygens (including phenoxy) is 1. The SMILES string of the molecule is O=C(COc1ccccc1-c1ccccc1)N[C@@H]1CCSc2ccccc21. The van der Waals surface area contributed by atoms with Crippen LogP contribution in [-0.2, 0) is 4.79 Å². The van der Waals surface area contributed by atoms with Crippen molar-refractivity contribution >= 4 is 17.7 Å². The van der Waals surface area contributed by atoms with E-state index in [2.05, 4.69) is 17.4 Å². The highest BCUT2D eigenvalue weighted by atomic mass is 32.2. The molecule has 1 heterocycles. The first kappa shape index (κ1) is 17.7. The quantitative estimate of drug-likeness (QED) is 0.675. The van der Waals surface area contributed by atoms with E-state index in [-0.39, 0.29) is 18.6 Å². The first-order chi connectivity index (χ1) is 13.3. The number of amides is 1. The highest BCUT2D eigenvalue weighted by Crippen LogP contribution is 2.35. The Hall–Kier alpha value is -2.72. The molecule has 0 aliphatic carbocycles. The molecule has 1 atom stereocenters. The zero-order valence-electron chi connectivity index (χ0n) is 14.9. The first-order valence-electron chi connectivity index (χ1n) is 9.09. The van der Waals surface area contributed by atoms with E-state index in [1.807, 2.05) is 78.5 Å². The molecule has 0 spiro atoms. The number of hydrogen-bond donors (Lipinski definition) is 1. The molecule has 0 saturated heterocycles. The molecule has 1 N–H and O–H groups in total. The van der Waals surface area contributed by atoms with Crippen molar-refractivity contribution in [1.29, 1.82) is 0 Å². The van der Waals surface area contributed by atoms with E-state index >= 15 is 0 Å². The summed E-state index contributed by atoms with van der Waals surface area (Å²) in [7, 11) is 0. The Morgan fingerprint density at radius 2 is 1.70 bits per heavy atom. The van der Waals surface area contributed by atoms with Crippen molar-refractivity contribution in [2.75, 3.05) is 12.4 Å². The average Bonchev–Trinajstić information content (AvgIpc) is 2.73. The fraction of sp³-hybridized carbons (Fsp3) is 0.174. The fourth-order valence-electron chi connectivity index (χ4n) is 3.32. The zero-order chi connectivity index (χ0) is 18.5. The maximum Gasteiger partial charge on any atom is 0.258 e. The lowest BCUT2D eigenvalue weighted by Crippen LogP contribution is -2.34. The van der Waals surface area contributed by atoms with Gasteiger partial charge in [-0.3, -0.25) is 4.79 Å². The van der Waals surface area contributed by atoms with E-state index in [0.29, 0.717) is 0 Å². The standard InChI is InChI=1S/C23H21NO2S/c25-23(24-20-14-15-27-22-13-7-5-11-19(20)22)16-26-21-12-6-4-10-18(21)17-8-2-1-3-9-17/h1-13,20H,14-16H2,(H,24,25)/t20-/m1/s1. The molecule has 3 aromatic rings. The van der Waals surface area contributed by atoms with Gasteiger partial charge in [0.25, 0.3) is 5.91 Å². The molecule has 0 unspecified atom stereocenters. The highest BCUT2D eigenvalue weighted by Gasteiger charge is 2.22. The van der Waals surface area contributed by atoms with Crippen LogP contribution in [0.5, 0.6) is 5.75 Å². The lowest BCUT2D eigenvalue weighted by molar-refractivity contribution is -0.123. The number of para-hydroxylation sites is 1. The largest absolute Gasteiger partial charge is 0.483 e. The molecule has 27 heavy (non-hydrogen) atoms. The van der Waals surface area contributed by atoms with E-state index in [4.69, 9.17) is 4.74 Å². The second kappa shape index (κ2) is 8.31. The van der Waals surface area contributed by atoms with Crippen LogP contribution >= 0.6 is 11.8 Å².